The summed E-state index contributed by atoms with van der Waals surface area (Å²) in [7, 11) is 0. The number of benzene rings is 2. The Balaban J connectivity index is 1.15. The number of hydrogen-bond acceptors (Lipinski definition) is 7. The van der Waals surface area contributed by atoms with E-state index in [1.807, 2.05) is 59.5 Å². The molecule has 3 aromatic rings. The third kappa shape index (κ3) is 3.94. The number of piperidine rings is 1. The van der Waals surface area contributed by atoms with Crippen LogP contribution in [0.4, 0.5) is 5.69 Å². The fraction of sp³-hybridized carbons (Fsp3) is 0.438. The summed E-state index contributed by atoms with van der Waals surface area (Å²) < 4.78 is 6.24. The lowest BCUT2D eigenvalue weighted by Gasteiger charge is -2.43. The van der Waals surface area contributed by atoms with Crippen LogP contribution < -0.4 is 14.5 Å². The van der Waals surface area contributed by atoms with Crippen LogP contribution in [0.15, 0.2) is 64.4 Å². The van der Waals surface area contributed by atoms with Gasteiger partial charge in [0.15, 0.2) is 6.61 Å². The summed E-state index contributed by atoms with van der Waals surface area (Å²) in [6, 6.07) is 17.1. The van der Waals surface area contributed by atoms with E-state index in [0.717, 1.165) is 54.2 Å². The molecule has 4 heterocycles. The van der Waals surface area contributed by atoms with Gasteiger partial charge in [0.25, 0.3) is 5.91 Å². The summed E-state index contributed by atoms with van der Waals surface area (Å²) >= 11 is 2.90. The van der Waals surface area contributed by atoms with Gasteiger partial charge in [0, 0.05) is 34.7 Å². The summed E-state index contributed by atoms with van der Waals surface area (Å²) in [5, 5.41) is 0.950. The van der Waals surface area contributed by atoms with Crippen molar-refractivity contribution >= 4 is 46.5 Å². The molecule has 0 unspecified atom stereocenters. The molecule has 2 aromatic carbocycles. The van der Waals surface area contributed by atoms with Crippen molar-refractivity contribution < 1.29 is 19.1 Å². The van der Waals surface area contributed by atoms with Crippen LogP contribution in [0, 0.1) is 29.6 Å². The van der Waals surface area contributed by atoms with Crippen LogP contribution in [0.2, 0.25) is 0 Å². The van der Waals surface area contributed by atoms with Gasteiger partial charge in [-0.1, -0.05) is 47.7 Å². The van der Waals surface area contributed by atoms with Gasteiger partial charge < -0.3 is 14.6 Å². The first-order valence-corrected chi connectivity index (χ1v) is 16.5. The van der Waals surface area contributed by atoms with Crippen molar-refractivity contribution in [3.8, 4) is 5.75 Å². The SMILES string of the molecule is O=C(COc1ccccc1[C@@H]1c2sc(=O)[nH]c2S[C@@H]2[C@@H]3C[C@@H]([C@@H]4C(=O)N(c5ccccc5)C(=O)[C@@H]34)[C@H]12)N1CCCCC1. The number of carbonyl (C=O) groups is 3. The van der Waals surface area contributed by atoms with E-state index in [0.29, 0.717) is 11.4 Å². The molecule has 216 valence electrons. The van der Waals surface area contributed by atoms with Gasteiger partial charge in [-0.3, -0.25) is 24.1 Å². The van der Waals surface area contributed by atoms with Crippen molar-refractivity contribution in [3.63, 3.8) is 0 Å². The molecule has 1 N–H and O–H groups in total. The molecular formula is C32H31N3O5S2. The number of hydrogen-bond donors (Lipinski definition) is 1. The Kier molecular flexibility index (Phi) is 6.33. The first kappa shape index (κ1) is 26.3. The van der Waals surface area contributed by atoms with E-state index in [1.165, 1.54) is 16.2 Å². The normalized spacial score (nSPS) is 31.2. The van der Waals surface area contributed by atoms with Gasteiger partial charge in [0.1, 0.15) is 5.75 Å². The molecule has 3 aliphatic heterocycles. The predicted octanol–water partition coefficient (Wildman–Crippen LogP) is 4.51. The van der Waals surface area contributed by atoms with Crippen LogP contribution >= 0.6 is 23.1 Å². The number of nitrogens with zero attached hydrogens (tertiary/aromatic N) is 2. The molecule has 7 atom stereocenters. The van der Waals surface area contributed by atoms with E-state index >= 15 is 0 Å². The van der Waals surface area contributed by atoms with E-state index in [1.54, 1.807) is 11.8 Å². The zero-order chi connectivity index (χ0) is 28.5. The molecule has 3 amide bonds. The van der Waals surface area contributed by atoms with Gasteiger partial charge in [-0.15, -0.1) is 11.8 Å². The van der Waals surface area contributed by atoms with Crippen molar-refractivity contribution in [2.75, 3.05) is 24.6 Å². The van der Waals surface area contributed by atoms with Crippen LogP contribution in [0.25, 0.3) is 0 Å². The van der Waals surface area contributed by atoms with E-state index in [-0.39, 0.29) is 70.0 Å². The Morgan fingerprint density at radius 2 is 1.62 bits per heavy atom. The van der Waals surface area contributed by atoms with Crippen molar-refractivity contribution in [2.45, 2.75) is 41.9 Å². The summed E-state index contributed by atoms with van der Waals surface area (Å²) in [6.45, 7) is 1.51. The minimum absolute atomic E-state index is 0.00703. The number of H-pyrrole nitrogens is 1. The Labute approximate surface area is 251 Å². The maximum Gasteiger partial charge on any atom is 0.305 e. The van der Waals surface area contributed by atoms with E-state index in [4.69, 9.17) is 4.74 Å². The highest BCUT2D eigenvalue weighted by Crippen LogP contribution is 2.69. The van der Waals surface area contributed by atoms with Gasteiger partial charge in [0.05, 0.1) is 22.5 Å². The fourth-order valence-corrected chi connectivity index (χ4v) is 11.3. The number of rotatable bonds is 5. The fourth-order valence-electron chi connectivity index (χ4n) is 8.44. The highest BCUT2D eigenvalue weighted by molar-refractivity contribution is 8.00. The van der Waals surface area contributed by atoms with Crippen molar-refractivity contribution in [2.24, 2.45) is 29.6 Å². The Bertz CT molecular complexity index is 1630. The molecule has 10 heteroatoms. The van der Waals surface area contributed by atoms with Crippen molar-refractivity contribution in [1.82, 2.24) is 9.88 Å². The quantitative estimate of drug-likeness (QED) is 0.433. The molecule has 2 aliphatic carbocycles. The van der Waals surface area contributed by atoms with E-state index in [9.17, 15) is 19.2 Å². The van der Waals surface area contributed by atoms with Gasteiger partial charge in [-0.25, -0.2) is 0 Å². The highest BCUT2D eigenvalue weighted by Gasteiger charge is 2.69. The Morgan fingerprint density at radius 3 is 2.40 bits per heavy atom. The standard InChI is InChI=1S/C32H31N3O5S2/c36-22(34-13-7-2-8-14-34)16-40-21-12-6-5-11-18(21)23-24-19-15-20(27(24)41-29-28(23)42-32(39)33-29)26-25(19)30(37)35(31(26)38)17-9-3-1-4-10-17/h1,3-6,9-12,19-20,23-27H,2,7-8,13-16H2,(H,33,39)/t19-,20-,23+,24-,25+,26+,27-/m1/s1. The van der Waals surface area contributed by atoms with Crippen molar-refractivity contribution in [1.29, 1.82) is 0 Å². The number of carbonyl (C=O) groups excluding carboxylic acids is 3. The number of amides is 3. The maximum atomic E-state index is 13.9. The molecular weight excluding hydrogens is 571 g/mol. The molecule has 2 saturated carbocycles. The van der Waals surface area contributed by atoms with E-state index < -0.39 is 0 Å². The molecule has 0 radical (unpaired) electrons. The Hall–Kier alpha value is -3.37. The number of likely N-dealkylation sites (tertiary alicyclic amines) is 1. The topological polar surface area (TPSA) is 99.8 Å². The molecule has 42 heavy (non-hydrogen) atoms. The number of anilines is 1. The average Bonchev–Trinajstić information content (AvgIpc) is 3.75. The van der Waals surface area contributed by atoms with Gasteiger partial charge in [0.2, 0.25) is 11.8 Å². The highest BCUT2D eigenvalue weighted by atomic mass is 32.2. The molecule has 4 fully saturated rings. The number of ether oxygens (including phenoxy) is 1. The molecule has 1 aromatic heterocycles. The number of thioether (sulfide) groups is 1. The van der Waals surface area contributed by atoms with Gasteiger partial charge >= 0.3 is 4.87 Å². The van der Waals surface area contributed by atoms with Crippen LogP contribution in [-0.2, 0) is 14.4 Å². The number of thiazole rings is 1. The molecule has 8 rings (SSSR count). The molecule has 2 bridgehead atoms. The minimum atomic E-state index is -0.363. The van der Waals surface area contributed by atoms with Crippen LogP contribution in [0.5, 0.6) is 5.75 Å². The molecule has 2 saturated heterocycles. The lowest BCUT2D eigenvalue weighted by molar-refractivity contribution is -0.134. The summed E-state index contributed by atoms with van der Waals surface area (Å²) in [5.74, 6) is -0.294. The largest absolute Gasteiger partial charge is 0.483 e. The average molecular weight is 602 g/mol. The number of fused-ring (bicyclic) bond motifs is 9. The zero-order valence-electron chi connectivity index (χ0n) is 22.9. The molecule has 0 spiro atoms. The zero-order valence-corrected chi connectivity index (χ0v) is 24.6. The molecule has 8 nitrogen and oxygen atoms in total. The predicted molar refractivity (Wildman–Crippen MR) is 160 cm³/mol. The first-order valence-electron chi connectivity index (χ1n) is 14.8. The molecule has 5 aliphatic rings. The minimum Gasteiger partial charge on any atom is -0.483 e. The first-order chi connectivity index (χ1) is 20.5. The number of aromatic amines is 1. The van der Waals surface area contributed by atoms with Crippen molar-refractivity contribution in [3.05, 3.63) is 74.7 Å². The second-order valence-corrected chi connectivity index (χ2v) is 14.3. The van der Waals surface area contributed by atoms with Gasteiger partial charge in [-0.2, -0.15) is 0 Å². The lowest BCUT2D eigenvalue weighted by Crippen LogP contribution is -2.43. The van der Waals surface area contributed by atoms with Crippen LogP contribution in [-0.4, -0.2) is 52.6 Å². The monoisotopic (exact) mass is 601 g/mol. The third-order valence-corrected chi connectivity index (χ3v) is 12.6. The maximum absolute atomic E-state index is 13.9. The second-order valence-electron chi connectivity index (χ2n) is 12.1. The number of nitrogens with one attached hydrogen (secondary N) is 1. The van der Waals surface area contributed by atoms with Gasteiger partial charge in [-0.05, 0) is 61.6 Å². The second kappa shape index (κ2) is 10.1. The lowest BCUT2D eigenvalue weighted by atomic mass is 9.68. The van der Waals surface area contributed by atoms with Crippen LogP contribution in [0.1, 0.15) is 42.0 Å². The number of aromatic nitrogens is 1. The summed E-state index contributed by atoms with van der Waals surface area (Å²) in [4.78, 5) is 60.5. The Morgan fingerprint density at radius 1 is 0.905 bits per heavy atom. The summed E-state index contributed by atoms with van der Waals surface area (Å²) in [6.07, 6.45) is 4.02. The number of para-hydroxylation sites is 2. The third-order valence-electron chi connectivity index (χ3n) is 10.1. The summed E-state index contributed by atoms with van der Waals surface area (Å²) in [5.41, 5.74) is 1.57. The van der Waals surface area contributed by atoms with E-state index in [2.05, 4.69) is 4.98 Å². The smallest absolute Gasteiger partial charge is 0.305 e. The van der Waals surface area contributed by atoms with Crippen LogP contribution in [0.3, 0.4) is 0 Å². The number of imide groups is 1.